The lowest BCUT2D eigenvalue weighted by atomic mass is 9.92. The van der Waals surface area contributed by atoms with Crippen molar-refractivity contribution in [2.75, 3.05) is 0 Å². The summed E-state index contributed by atoms with van der Waals surface area (Å²) in [5.74, 6) is 0.712. The smallest absolute Gasteiger partial charge is 0.160 e. The van der Waals surface area contributed by atoms with Gasteiger partial charge in [0.2, 0.25) is 0 Å². The summed E-state index contributed by atoms with van der Waals surface area (Å²) in [4.78, 5) is 10.3. The summed E-state index contributed by atoms with van der Waals surface area (Å²) in [6.45, 7) is 0. The predicted octanol–water partition coefficient (Wildman–Crippen LogP) is 14.5. The molecule has 0 amide bonds. The number of hydrogen-bond donors (Lipinski definition) is 0. The van der Waals surface area contributed by atoms with E-state index in [1.54, 1.807) is 0 Å². The molecule has 0 fully saturated rings. The zero-order chi connectivity index (χ0) is 37.7. The van der Waals surface area contributed by atoms with E-state index in [4.69, 9.17) is 14.4 Å². The van der Waals surface area contributed by atoms with Crippen molar-refractivity contribution in [2.45, 2.75) is 12.8 Å². The van der Waals surface area contributed by atoms with Gasteiger partial charge in [-0.2, -0.15) is 0 Å². The average molecular weight is 729 g/mol. The third-order valence-corrected chi connectivity index (χ3v) is 11.4. The van der Waals surface area contributed by atoms with E-state index in [0.29, 0.717) is 5.84 Å². The van der Waals surface area contributed by atoms with Crippen LogP contribution >= 0.6 is 0 Å². The van der Waals surface area contributed by atoms with E-state index in [1.165, 1.54) is 43.4 Å². The molecule has 1 aliphatic heterocycles. The Morgan fingerprint density at radius 1 is 0.333 bits per heavy atom. The maximum absolute atomic E-state index is 6.59. The summed E-state index contributed by atoms with van der Waals surface area (Å²) in [6, 6.07) is 66.9. The van der Waals surface area contributed by atoms with Gasteiger partial charge in [-0.15, -0.1) is 0 Å². The molecule has 0 bridgehead atoms. The number of aliphatic imine (C=N–C) groups is 2. The van der Waals surface area contributed by atoms with Gasteiger partial charge in [0, 0.05) is 16.3 Å². The van der Waals surface area contributed by atoms with Crippen molar-refractivity contribution in [3.8, 4) is 22.3 Å². The number of furan rings is 1. The number of fused-ring (bicyclic) bond motifs is 9. The Labute approximate surface area is 330 Å². The summed E-state index contributed by atoms with van der Waals surface area (Å²) in [5, 5.41) is 9.94. The normalized spacial score (nSPS) is 13.4. The van der Waals surface area contributed by atoms with Crippen LogP contribution in [0, 0.1) is 0 Å². The van der Waals surface area contributed by atoms with Crippen LogP contribution < -0.4 is 0 Å². The van der Waals surface area contributed by atoms with Crippen molar-refractivity contribution in [3.05, 3.63) is 211 Å². The SMILES string of the molecule is C1=C(c2ccccc2)N=C(c2ccccc2)N=C(c2ccc3c(c2)oc2cc(-c4ccc(-c5ccc6c7ccccc7c7ccccc7c6c5)cc4)ccc23)CC1. The van der Waals surface area contributed by atoms with Crippen LogP contribution in [0.15, 0.2) is 209 Å². The lowest BCUT2D eigenvalue weighted by Gasteiger charge is -2.13. The highest BCUT2D eigenvalue weighted by Gasteiger charge is 2.16. The van der Waals surface area contributed by atoms with Crippen LogP contribution in [0.4, 0.5) is 0 Å². The molecule has 0 atom stereocenters. The lowest BCUT2D eigenvalue weighted by Crippen LogP contribution is -2.09. The van der Waals surface area contributed by atoms with Crippen molar-refractivity contribution in [1.82, 2.24) is 0 Å². The van der Waals surface area contributed by atoms with Gasteiger partial charge in [0.05, 0.1) is 11.4 Å². The van der Waals surface area contributed by atoms with E-state index < -0.39 is 0 Å². The second-order valence-corrected chi connectivity index (χ2v) is 14.8. The molecule has 268 valence electrons. The molecule has 1 aliphatic rings. The minimum absolute atomic E-state index is 0.712. The van der Waals surface area contributed by atoms with Crippen LogP contribution in [-0.4, -0.2) is 11.5 Å². The van der Waals surface area contributed by atoms with Gasteiger partial charge >= 0.3 is 0 Å². The first-order valence-corrected chi connectivity index (χ1v) is 19.6. The molecule has 0 saturated heterocycles. The Kier molecular flexibility index (Phi) is 7.96. The molecule has 9 aromatic carbocycles. The first-order chi connectivity index (χ1) is 28.2. The maximum atomic E-state index is 6.59. The molecule has 0 aliphatic carbocycles. The van der Waals surface area contributed by atoms with Crippen molar-refractivity contribution in [2.24, 2.45) is 9.98 Å². The van der Waals surface area contributed by atoms with Crippen molar-refractivity contribution in [3.63, 3.8) is 0 Å². The van der Waals surface area contributed by atoms with Crippen molar-refractivity contribution in [1.29, 1.82) is 0 Å². The molecule has 2 heterocycles. The number of allylic oxidation sites excluding steroid dienone is 1. The molecular weight excluding hydrogens is 693 g/mol. The van der Waals surface area contributed by atoms with Crippen LogP contribution in [0.3, 0.4) is 0 Å². The van der Waals surface area contributed by atoms with E-state index >= 15 is 0 Å². The van der Waals surface area contributed by atoms with Gasteiger partial charge in [-0.3, -0.25) is 0 Å². The Balaban J connectivity index is 0.917. The highest BCUT2D eigenvalue weighted by atomic mass is 16.3. The van der Waals surface area contributed by atoms with Gasteiger partial charge in [-0.25, -0.2) is 9.98 Å². The quantitative estimate of drug-likeness (QED) is 0.163. The summed E-state index contributed by atoms with van der Waals surface area (Å²) < 4.78 is 6.59. The molecule has 0 spiro atoms. The predicted molar refractivity (Wildman–Crippen MR) is 240 cm³/mol. The fraction of sp³-hybridized carbons (Fsp3) is 0.0370. The van der Waals surface area contributed by atoms with Crippen LogP contribution in [0.2, 0.25) is 0 Å². The Bertz CT molecular complexity index is 3230. The lowest BCUT2D eigenvalue weighted by molar-refractivity contribution is 0.669. The molecular formula is C54H36N2O. The maximum Gasteiger partial charge on any atom is 0.160 e. The average Bonchev–Trinajstić information content (AvgIpc) is 3.64. The molecule has 57 heavy (non-hydrogen) atoms. The largest absolute Gasteiger partial charge is 0.456 e. The number of rotatable bonds is 5. The molecule has 3 nitrogen and oxygen atoms in total. The highest BCUT2D eigenvalue weighted by Crippen LogP contribution is 2.38. The fourth-order valence-electron chi connectivity index (χ4n) is 8.51. The van der Waals surface area contributed by atoms with Gasteiger partial charge < -0.3 is 4.42 Å². The van der Waals surface area contributed by atoms with E-state index in [-0.39, 0.29) is 0 Å². The molecule has 0 N–H and O–H groups in total. The number of hydrogen-bond acceptors (Lipinski definition) is 3. The summed E-state index contributed by atoms with van der Waals surface area (Å²) >= 11 is 0. The minimum atomic E-state index is 0.712. The molecule has 0 unspecified atom stereocenters. The summed E-state index contributed by atoms with van der Waals surface area (Å²) in [6.07, 6.45) is 3.86. The summed E-state index contributed by atoms with van der Waals surface area (Å²) in [7, 11) is 0. The third kappa shape index (κ3) is 5.92. The van der Waals surface area contributed by atoms with E-state index in [1.807, 2.05) is 24.3 Å². The van der Waals surface area contributed by atoms with Crippen LogP contribution in [-0.2, 0) is 0 Å². The molecule has 10 aromatic rings. The van der Waals surface area contributed by atoms with Gasteiger partial charge in [0.1, 0.15) is 11.2 Å². The third-order valence-electron chi connectivity index (χ3n) is 11.4. The number of amidine groups is 1. The topological polar surface area (TPSA) is 37.9 Å². The first kappa shape index (κ1) is 33.0. The van der Waals surface area contributed by atoms with Crippen LogP contribution in [0.5, 0.6) is 0 Å². The van der Waals surface area contributed by atoms with Gasteiger partial charge in [0.25, 0.3) is 0 Å². The summed E-state index contributed by atoms with van der Waals surface area (Å²) in [5.41, 5.74) is 11.5. The fourth-order valence-corrected chi connectivity index (χ4v) is 8.51. The highest BCUT2D eigenvalue weighted by molar-refractivity contribution is 6.25. The Morgan fingerprint density at radius 3 is 1.40 bits per heavy atom. The first-order valence-electron chi connectivity index (χ1n) is 19.6. The molecule has 1 aromatic heterocycles. The number of nitrogens with zero attached hydrogens (tertiary/aromatic N) is 2. The monoisotopic (exact) mass is 728 g/mol. The van der Waals surface area contributed by atoms with Gasteiger partial charge in [0.15, 0.2) is 5.84 Å². The van der Waals surface area contributed by atoms with E-state index in [2.05, 4.69) is 170 Å². The minimum Gasteiger partial charge on any atom is -0.456 e. The van der Waals surface area contributed by atoms with Crippen LogP contribution in [0.25, 0.3) is 82.2 Å². The van der Waals surface area contributed by atoms with Crippen LogP contribution in [0.1, 0.15) is 29.5 Å². The second kappa shape index (κ2) is 13.7. The molecule has 3 heteroatoms. The zero-order valence-corrected chi connectivity index (χ0v) is 31.2. The Morgan fingerprint density at radius 2 is 0.789 bits per heavy atom. The van der Waals surface area contributed by atoms with Gasteiger partial charge in [-0.1, -0.05) is 164 Å². The van der Waals surface area contributed by atoms with Crippen molar-refractivity contribution >= 4 is 71.5 Å². The Hall–Kier alpha value is -7.36. The molecule has 11 rings (SSSR count). The standard InChI is InChI=1S/C54H36N2O/c1-3-12-37(13-4-1)50-20-11-21-51(56-54(55-50)38-14-5-2-6-15-38)41-28-31-48-47-30-27-40(33-52(47)57-53(48)34-41)36-24-22-35(23-25-36)39-26-29-46-44-18-8-7-16-42(44)43-17-9-10-19-45(43)49(46)32-39/h1-10,12-20,22-34H,11,21H2. The molecule has 0 radical (unpaired) electrons. The van der Waals surface area contributed by atoms with E-state index in [0.717, 1.165) is 74.0 Å². The number of benzene rings is 9. The van der Waals surface area contributed by atoms with Crippen molar-refractivity contribution < 1.29 is 4.42 Å². The van der Waals surface area contributed by atoms with E-state index in [9.17, 15) is 0 Å². The van der Waals surface area contributed by atoms with Gasteiger partial charge in [-0.05, 0) is 109 Å². The zero-order valence-electron chi connectivity index (χ0n) is 31.2. The molecule has 0 saturated carbocycles. The second-order valence-electron chi connectivity index (χ2n) is 14.8.